The van der Waals surface area contributed by atoms with Crippen LogP contribution < -0.4 is 15.8 Å². The number of ether oxygens (including phenoxy) is 1. The van der Waals surface area contributed by atoms with Gasteiger partial charge >= 0.3 is 0 Å². The fourth-order valence-corrected chi connectivity index (χ4v) is 2.84. The van der Waals surface area contributed by atoms with E-state index in [-0.39, 0.29) is 18.3 Å². The molecule has 1 aliphatic carbocycles. The zero-order valence-electron chi connectivity index (χ0n) is 12.2. The van der Waals surface area contributed by atoms with Gasteiger partial charge in [0, 0.05) is 17.1 Å². The van der Waals surface area contributed by atoms with Gasteiger partial charge in [-0.3, -0.25) is 4.79 Å². The molecule has 0 aliphatic heterocycles. The Balaban J connectivity index is 0.00000220. The number of nitrogens with two attached hydrogens (primary N) is 1. The highest BCUT2D eigenvalue weighted by molar-refractivity contribution is 6.30. The van der Waals surface area contributed by atoms with Crippen molar-refractivity contribution < 1.29 is 9.53 Å². The highest BCUT2D eigenvalue weighted by Crippen LogP contribution is 2.27. The summed E-state index contributed by atoms with van der Waals surface area (Å²) in [5.74, 6) is 0.628. The Labute approximate surface area is 136 Å². The van der Waals surface area contributed by atoms with E-state index in [0.717, 1.165) is 37.7 Å². The van der Waals surface area contributed by atoms with Crippen LogP contribution in [-0.4, -0.2) is 18.6 Å². The van der Waals surface area contributed by atoms with Gasteiger partial charge in [0.25, 0.3) is 0 Å². The minimum atomic E-state index is -0.718. The van der Waals surface area contributed by atoms with Gasteiger partial charge in [0.2, 0.25) is 5.91 Å². The number of carbonyl (C=O) groups is 1. The lowest BCUT2D eigenvalue weighted by Gasteiger charge is -2.31. The van der Waals surface area contributed by atoms with Crippen LogP contribution in [0.5, 0.6) is 5.75 Å². The molecule has 0 heterocycles. The van der Waals surface area contributed by atoms with Gasteiger partial charge in [0.15, 0.2) is 0 Å². The predicted octanol–water partition coefficient (Wildman–Crippen LogP) is 3.05. The Kier molecular flexibility index (Phi) is 6.78. The van der Waals surface area contributed by atoms with Crippen LogP contribution in [0, 0.1) is 0 Å². The number of methoxy groups -OCH3 is 1. The lowest BCUT2D eigenvalue weighted by Crippen LogP contribution is -2.54. The minimum Gasteiger partial charge on any atom is -0.496 e. The lowest BCUT2D eigenvalue weighted by molar-refractivity contribution is -0.127. The summed E-state index contributed by atoms with van der Waals surface area (Å²) < 4.78 is 5.26. The molecule has 1 aromatic rings. The number of halogens is 2. The SMILES string of the molecule is COc1ccc(Cl)cc1CNC(=O)C1(N)CCCCC1.Cl. The average Bonchev–Trinajstić information content (AvgIpc) is 2.45. The van der Waals surface area contributed by atoms with E-state index < -0.39 is 5.54 Å². The van der Waals surface area contributed by atoms with Crippen LogP contribution in [-0.2, 0) is 11.3 Å². The quantitative estimate of drug-likeness (QED) is 0.890. The van der Waals surface area contributed by atoms with Crippen molar-refractivity contribution in [1.29, 1.82) is 0 Å². The normalized spacial score (nSPS) is 16.7. The molecule has 0 spiro atoms. The molecular formula is C15H22Cl2N2O2. The van der Waals surface area contributed by atoms with Crippen molar-refractivity contribution in [2.24, 2.45) is 5.73 Å². The number of amides is 1. The van der Waals surface area contributed by atoms with Crippen molar-refractivity contribution in [3.63, 3.8) is 0 Å². The predicted molar refractivity (Wildman–Crippen MR) is 87.1 cm³/mol. The summed E-state index contributed by atoms with van der Waals surface area (Å²) in [5, 5.41) is 3.53. The average molecular weight is 333 g/mol. The summed E-state index contributed by atoms with van der Waals surface area (Å²) in [6, 6.07) is 5.35. The summed E-state index contributed by atoms with van der Waals surface area (Å²) >= 11 is 5.97. The summed E-state index contributed by atoms with van der Waals surface area (Å²) in [6.07, 6.45) is 4.71. The van der Waals surface area contributed by atoms with E-state index in [4.69, 9.17) is 22.1 Å². The van der Waals surface area contributed by atoms with Crippen LogP contribution in [0.1, 0.15) is 37.7 Å². The zero-order chi connectivity index (χ0) is 14.6. The third-order valence-electron chi connectivity index (χ3n) is 3.88. The van der Waals surface area contributed by atoms with Crippen molar-refractivity contribution in [1.82, 2.24) is 5.32 Å². The van der Waals surface area contributed by atoms with Gasteiger partial charge in [0.1, 0.15) is 5.75 Å². The molecule has 0 bridgehead atoms. The number of hydrogen-bond acceptors (Lipinski definition) is 3. The molecule has 0 radical (unpaired) electrons. The smallest absolute Gasteiger partial charge is 0.240 e. The molecule has 1 amide bonds. The Hall–Kier alpha value is -0.970. The number of hydrogen-bond donors (Lipinski definition) is 2. The third-order valence-corrected chi connectivity index (χ3v) is 4.11. The first-order valence-corrected chi connectivity index (χ1v) is 7.32. The first-order chi connectivity index (χ1) is 9.55. The molecule has 1 saturated carbocycles. The van der Waals surface area contributed by atoms with E-state index in [1.807, 2.05) is 0 Å². The van der Waals surface area contributed by atoms with Crippen molar-refractivity contribution in [2.45, 2.75) is 44.2 Å². The molecule has 3 N–H and O–H groups in total. The molecule has 0 aromatic heterocycles. The van der Waals surface area contributed by atoms with Crippen LogP contribution in [0.2, 0.25) is 5.02 Å². The van der Waals surface area contributed by atoms with Crippen LogP contribution >= 0.6 is 24.0 Å². The van der Waals surface area contributed by atoms with Gasteiger partial charge in [0.05, 0.1) is 12.6 Å². The third kappa shape index (κ3) is 4.50. The van der Waals surface area contributed by atoms with Gasteiger partial charge in [-0.15, -0.1) is 12.4 Å². The number of nitrogens with one attached hydrogen (secondary N) is 1. The largest absolute Gasteiger partial charge is 0.496 e. The van der Waals surface area contributed by atoms with E-state index in [1.54, 1.807) is 25.3 Å². The Morgan fingerprint density at radius 1 is 1.38 bits per heavy atom. The van der Waals surface area contributed by atoms with Gasteiger partial charge < -0.3 is 15.8 Å². The Morgan fingerprint density at radius 3 is 2.67 bits per heavy atom. The van der Waals surface area contributed by atoms with Gasteiger partial charge in [-0.05, 0) is 31.0 Å². The molecule has 1 fully saturated rings. The van der Waals surface area contributed by atoms with E-state index in [1.165, 1.54) is 0 Å². The molecule has 118 valence electrons. The lowest BCUT2D eigenvalue weighted by atomic mass is 9.82. The van der Waals surface area contributed by atoms with Gasteiger partial charge in [-0.1, -0.05) is 30.9 Å². The molecule has 2 rings (SSSR count). The molecule has 0 saturated heterocycles. The van der Waals surface area contributed by atoms with Gasteiger partial charge in [-0.25, -0.2) is 0 Å². The van der Waals surface area contributed by atoms with Crippen molar-refractivity contribution in [2.75, 3.05) is 7.11 Å². The minimum absolute atomic E-state index is 0. The molecule has 21 heavy (non-hydrogen) atoms. The van der Waals surface area contributed by atoms with E-state index in [9.17, 15) is 4.79 Å². The molecule has 1 aromatic carbocycles. The summed E-state index contributed by atoms with van der Waals surface area (Å²) in [4.78, 5) is 12.3. The van der Waals surface area contributed by atoms with E-state index >= 15 is 0 Å². The second kappa shape index (κ2) is 7.87. The number of carbonyl (C=O) groups excluding carboxylic acids is 1. The van der Waals surface area contributed by atoms with Crippen LogP contribution in [0.15, 0.2) is 18.2 Å². The van der Waals surface area contributed by atoms with Gasteiger partial charge in [-0.2, -0.15) is 0 Å². The van der Waals surface area contributed by atoms with Crippen molar-refractivity contribution >= 4 is 29.9 Å². The van der Waals surface area contributed by atoms with Crippen LogP contribution in [0.3, 0.4) is 0 Å². The Morgan fingerprint density at radius 2 is 2.05 bits per heavy atom. The fraction of sp³-hybridized carbons (Fsp3) is 0.533. The summed E-state index contributed by atoms with van der Waals surface area (Å²) in [6.45, 7) is 0.377. The molecule has 0 unspecified atom stereocenters. The van der Waals surface area contributed by atoms with Crippen molar-refractivity contribution in [3.05, 3.63) is 28.8 Å². The monoisotopic (exact) mass is 332 g/mol. The molecule has 1 aliphatic rings. The topological polar surface area (TPSA) is 64.3 Å². The fourth-order valence-electron chi connectivity index (χ4n) is 2.65. The van der Waals surface area contributed by atoms with E-state index in [0.29, 0.717) is 17.3 Å². The standard InChI is InChI=1S/C15H21ClN2O2.ClH/c1-20-13-6-5-12(16)9-11(13)10-18-14(19)15(17)7-3-2-4-8-15;/h5-6,9H,2-4,7-8,10,17H2,1H3,(H,18,19);1H. The highest BCUT2D eigenvalue weighted by atomic mass is 35.5. The molecular weight excluding hydrogens is 311 g/mol. The maximum Gasteiger partial charge on any atom is 0.240 e. The Bertz CT molecular complexity index is 489. The maximum absolute atomic E-state index is 12.3. The molecule has 0 atom stereocenters. The second-order valence-corrected chi connectivity index (χ2v) is 5.79. The zero-order valence-corrected chi connectivity index (χ0v) is 13.7. The van der Waals surface area contributed by atoms with Crippen molar-refractivity contribution in [3.8, 4) is 5.75 Å². The maximum atomic E-state index is 12.3. The first kappa shape index (κ1) is 18.1. The number of rotatable bonds is 4. The highest BCUT2D eigenvalue weighted by Gasteiger charge is 2.34. The van der Waals surface area contributed by atoms with Crippen LogP contribution in [0.4, 0.5) is 0 Å². The molecule has 4 nitrogen and oxygen atoms in total. The molecule has 6 heteroatoms. The first-order valence-electron chi connectivity index (χ1n) is 6.95. The number of benzene rings is 1. The van der Waals surface area contributed by atoms with Crippen LogP contribution in [0.25, 0.3) is 0 Å². The van der Waals surface area contributed by atoms with E-state index in [2.05, 4.69) is 5.32 Å². The summed E-state index contributed by atoms with van der Waals surface area (Å²) in [7, 11) is 1.60. The second-order valence-electron chi connectivity index (χ2n) is 5.36. The summed E-state index contributed by atoms with van der Waals surface area (Å²) in [5.41, 5.74) is 6.33.